The summed E-state index contributed by atoms with van der Waals surface area (Å²) in [4.78, 5) is 21.6. The topological polar surface area (TPSA) is 64.6 Å². The van der Waals surface area contributed by atoms with E-state index in [1.165, 1.54) is 13.3 Å². The number of aromatic nitrogens is 2. The summed E-state index contributed by atoms with van der Waals surface area (Å²) in [5, 5.41) is 0. The van der Waals surface area contributed by atoms with Crippen LogP contribution in [0.25, 0.3) is 0 Å². The molecule has 1 aliphatic heterocycles. The minimum atomic E-state index is -0.0788. The van der Waals surface area contributed by atoms with E-state index in [9.17, 15) is 4.79 Å². The van der Waals surface area contributed by atoms with Gasteiger partial charge in [0, 0.05) is 37.7 Å². The van der Waals surface area contributed by atoms with Crippen molar-refractivity contribution in [3.05, 3.63) is 12.4 Å². The van der Waals surface area contributed by atoms with E-state index in [1.54, 1.807) is 11.1 Å². The zero-order valence-electron chi connectivity index (χ0n) is 10.7. The average molecular weight is 286 g/mol. The molecule has 0 bridgehead atoms. The number of halogens is 1. The van der Waals surface area contributed by atoms with E-state index in [-0.39, 0.29) is 12.0 Å². The predicted octanol–water partition coefficient (Wildman–Crippen LogP) is 1.09. The Bertz CT molecular complexity index is 444. The highest BCUT2D eigenvalue weighted by Gasteiger charge is 2.28. The number of carbonyl (C=O) groups excluding carboxylic acids is 1. The predicted molar refractivity (Wildman–Crippen MR) is 69.5 cm³/mol. The minimum Gasteiger partial charge on any atom is -0.477 e. The van der Waals surface area contributed by atoms with E-state index in [0.717, 1.165) is 6.42 Å². The maximum Gasteiger partial charge on any atom is 0.278 e. The van der Waals surface area contributed by atoms with Crippen LogP contribution in [-0.2, 0) is 4.79 Å². The number of likely N-dealkylation sites (tertiary alicyclic amines) is 1. The zero-order chi connectivity index (χ0) is 13.7. The van der Waals surface area contributed by atoms with Crippen LogP contribution in [0.15, 0.2) is 12.4 Å². The first-order chi connectivity index (χ1) is 9.24. The molecule has 0 radical (unpaired) electrons. The summed E-state index contributed by atoms with van der Waals surface area (Å²) >= 11 is 5.57. The van der Waals surface area contributed by atoms with E-state index < -0.39 is 0 Å². The van der Waals surface area contributed by atoms with Crippen molar-refractivity contribution in [3.8, 4) is 11.8 Å². The van der Waals surface area contributed by atoms with Crippen molar-refractivity contribution < 1.29 is 14.3 Å². The van der Waals surface area contributed by atoms with E-state index in [0.29, 0.717) is 37.2 Å². The lowest BCUT2D eigenvalue weighted by Gasteiger charge is -2.16. The molecule has 1 fully saturated rings. The Hall–Kier alpha value is -1.56. The molecule has 0 saturated carbocycles. The fourth-order valence-electron chi connectivity index (χ4n) is 1.98. The van der Waals surface area contributed by atoms with Crippen LogP contribution in [0.2, 0.25) is 0 Å². The smallest absolute Gasteiger partial charge is 0.278 e. The molecule has 0 N–H and O–H groups in total. The number of hydrogen-bond donors (Lipinski definition) is 0. The van der Waals surface area contributed by atoms with Gasteiger partial charge in [-0.1, -0.05) is 0 Å². The lowest BCUT2D eigenvalue weighted by molar-refractivity contribution is -0.130. The van der Waals surface area contributed by atoms with E-state index in [2.05, 4.69) is 9.97 Å². The molecule has 1 atom stereocenters. The molecule has 7 heteroatoms. The molecule has 6 nitrogen and oxygen atoms in total. The second-order valence-electron chi connectivity index (χ2n) is 4.18. The molecule has 1 aromatic rings. The summed E-state index contributed by atoms with van der Waals surface area (Å²) in [6.07, 6.45) is 4.14. The summed E-state index contributed by atoms with van der Waals surface area (Å²) in [5.74, 6) is 1.13. The van der Waals surface area contributed by atoms with Crippen LogP contribution in [0.5, 0.6) is 11.8 Å². The van der Waals surface area contributed by atoms with Crippen molar-refractivity contribution in [1.29, 1.82) is 0 Å². The molecule has 1 unspecified atom stereocenters. The molecular weight excluding hydrogens is 270 g/mol. The normalized spacial score (nSPS) is 18.4. The second-order valence-corrected chi connectivity index (χ2v) is 4.56. The molecule has 0 spiro atoms. The van der Waals surface area contributed by atoms with Crippen molar-refractivity contribution in [2.45, 2.75) is 18.9 Å². The molecule has 0 aliphatic carbocycles. The first-order valence-corrected chi connectivity index (χ1v) is 6.63. The first-order valence-electron chi connectivity index (χ1n) is 6.10. The Balaban J connectivity index is 1.93. The van der Waals surface area contributed by atoms with Crippen LogP contribution in [0.1, 0.15) is 12.8 Å². The number of alkyl halides is 1. The molecule has 1 saturated heterocycles. The highest BCUT2D eigenvalue weighted by atomic mass is 35.5. The molecule has 1 aromatic heterocycles. The molecule has 1 aliphatic rings. The van der Waals surface area contributed by atoms with Crippen LogP contribution in [-0.4, -0.2) is 53.0 Å². The van der Waals surface area contributed by atoms with Crippen molar-refractivity contribution in [1.82, 2.24) is 14.9 Å². The maximum absolute atomic E-state index is 11.7. The third kappa shape index (κ3) is 3.47. The van der Waals surface area contributed by atoms with Gasteiger partial charge in [0.05, 0.1) is 13.7 Å². The number of hydrogen-bond acceptors (Lipinski definition) is 5. The number of carbonyl (C=O) groups is 1. The molecule has 2 rings (SSSR count). The van der Waals surface area contributed by atoms with Crippen LogP contribution >= 0.6 is 11.6 Å². The van der Waals surface area contributed by atoms with E-state index >= 15 is 0 Å². The fourth-order valence-corrected chi connectivity index (χ4v) is 2.14. The van der Waals surface area contributed by atoms with Crippen molar-refractivity contribution in [2.24, 2.45) is 0 Å². The zero-order valence-corrected chi connectivity index (χ0v) is 11.5. The van der Waals surface area contributed by atoms with Crippen LogP contribution in [0.4, 0.5) is 0 Å². The fraction of sp³-hybridized carbons (Fsp3) is 0.583. The molecule has 104 valence electrons. The highest BCUT2D eigenvalue weighted by Crippen LogP contribution is 2.24. The number of ether oxygens (including phenoxy) is 2. The number of methoxy groups -OCH3 is 1. The van der Waals surface area contributed by atoms with E-state index in [1.807, 2.05) is 0 Å². The molecule has 0 aromatic carbocycles. The van der Waals surface area contributed by atoms with Gasteiger partial charge in [-0.25, -0.2) is 9.97 Å². The van der Waals surface area contributed by atoms with Gasteiger partial charge in [0.2, 0.25) is 5.91 Å². The summed E-state index contributed by atoms with van der Waals surface area (Å²) in [5.41, 5.74) is 0. The van der Waals surface area contributed by atoms with Gasteiger partial charge in [0.15, 0.2) is 0 Å². The van der Waals surface area contributed by atoms with Crippen LogP contribution in [0, 0.1) is 0 Å². The summed E-state index contributed by atoms with van der Waals surface area (Å²) in [6, 6.07) is 0. The Morgan fingerprint density at radius 1 is 1.47 bits per heavy atom. The van der Waals surface area contributed by atoms with Crippen molar-refractivity contribution >= 4 is 17.5 Å². The minimum absolute atomic E-state index is 0.0622. The number of nitrogens with zero attached hydrogens (tertiary/aromatic N) is 3. The summed E-state index contributed by atoms with van der Waals surface area (Å²) in [7, 11) is 1.52. The second kappa shape index (κ2) is 6.56. The first kappa shape index (κ1) is 13.9. The Labute approximate surface area is 116 Å². The van der Waals surface area contributed by atoms with E-state index in [4.69, 9.17) is 21.1 Å². The average Bonchev–Trinajstić information content (AvgIpc) is 2.88. The van der Waals surface area contributed by atoms with Gasteiger partial charge in [-0.05, 0) is 0 Å². The lowest BCUT2D eigenvalue weighted by atomic mass is 10.3. The van der Waals surface area contributed by atoms with Gasteiger partial charge in [-0.3, -0.25) is 4.79 Å². The third-order valence-corrected chi connectivity index (χ3v) is 3.10. The molecule has 2 heterocycles. The molecule has 1 amide bonds. The summed E-state index contributed by atoms with van der Waals surface area (Å²) in [6.45, 7) is 1.23. The Morgan fingerprint density at radius 2 is 2.21 bits per heavy atom. The Morgan fingerprint density at radius 3 is 2.89 bits per heavy atom. The number of rotatable bonds is 5. The monoisotopic (exact) mass is 285 g/mol. The molecule has 19 heavy (non-hydrogen) atoms. The quantitative estimate of drug-likeness (QED) is 0.758. The SMILES string of the molecule is COc1nccnc1OC1CCN(C(=O)CCCl)C1. The third-order valence-electron chi connectivity index (χ3n) is 2.91. The van der Waals surface area contributed by atoms with Gasteiger partial charge < -0.3 is 14.4 Å². The van der Waals surface area contributed by atoms with Crippen LogP contribution < -0.4 is 9.47 Å². The molecular formula is C12H16ClN3O3. The highest BCUT2D eigenvalue weighted by molar-refractivity contribution is 6.18. The van der Waals surface area contributed by atoms with Crippen LogP contribution in [0.3, 0.4) is 0 Å². The number of amides is 1. The van der Waals surface area contributed by atoms with Gasteiger partial charge >= 0.3 is 0 Å². The van der Waals surface area contributed by atoms with Crippen molar-refractivity contribution in [2.75, 3.05) is 26.1 Å². The Kier molecular flexibility index (Phi) is 4.79. The van der Waals surface area contributed by atoms with Gasteiger partial charge in [0.1, 0.15) is 6.10 Å². The standard InChI is InChI=1S/C12H16ClN3O3/c1-18-11-12(15-6-5-14-11)19-9-3-7-16(8-9)10(17)2-4-13/h5-6,9H,2-4,7-8H2,1H3. The van der Waals surface area contributed by atoms with Gasteiger partial charge in [-0.2, -0.15) is 0 Å². The summed E-state index contributed by atoms with van der Waals surface area (Å²) < 4.78 is 10.8. The van der Waals surface area contributed by atoms with Gasteiger partial charge in [-0.15, -0.1) is 11.6 Å². The lowest BCUT2D eigenvalue weighted by Crippen LogP contribution is -2.31. The van der Waals surface area contributed by atoms with Gasteiger partial charge in [0.25, 0.3) is 11.8 Å². The maximum atomic E-state index is 11.7. The largest absolute Gasteiger partial charge is 0.477 e. The van der Waals surface area contributed by atoms with Crippen molar-refractivity contribution in [3.63, 3.8) is 0 Å².